The predicted molar refractivity (Wildman–Crippen MR) is 109 cm³/mol. The van der Waals surface area contributed by atoms with Crippen molar-refractivity contribution in [3.8, 4) is 0 Å². The first-order chi connectivity index (χ1) is 12.6. The minimum atomic E-state index is -3.53. The van der Waals surface area contributed by atoms with Gasteiger partial charge in [-0.2, -0.15) is 0 Å². The minimum Gasteiger partial charge on any atom is -0.371 e. The SMILES string of the molecule is CCN(CC)c1ccccc1S(=O)(=O)NC.Cc1ccccc1S(N)(=O)=O. The maximum absolute atomic E-state index is 11.8. The van der Waals surface area contributed by atoms with Crippen LogP contribution in [0.2, 0.25) is 0 Å². The van der Waals surface area contributed by atoms with Gasteiger partial charge in [0.15, 0.2) is 0 Å². The molecule has 9 heteroatoms. The molecule has 2 rings (SSSR count). The van der Waals surface area contributed by atoms with Crippen molar-refractivity contribution in [1.82, 2.24) is 4.72 Å². The molecule has 0 aliphatic carbocycles. The standard InChI is InChI=1S/C11H18N2O2S.C7H9NO2S/c1-4-13(5-2)10-8-6-7-9-11(10)16(14,15)12-3;1-6-4-2-3-5-7(6)11(8,9)10/h6-9,12H,4-5H2,1-3H3;2-5H,1H3,(H2,8,9,10). The highest BCUT2D eigenvalue weighted by Crippen LogP contribution is 2.24. The van der Waals surface area contributed by atoms with Crippen molar-refractivity contribution in [2.75, 3.05) is 25.0 Å². The van der Waals surface area contributed by atoms with Crippen LogP contribution in [0.5, 0.6) is 0 Å². The van der Waals surface area contributed by atoms with Crippen molar-refractivity contribution < 1.29 is 16.8 Å². The van der Waals surface area contributed by atoms with Gasteiger partial charge in [-0.15, -0.1) is 0 Å². The molecule has 0 saturated heterocycles. The number of hydrogen-bond donors (Lipinski definition) is 2. The Balaban J connectivity index is 0.000000289. The summed E-state index contributed by atoms with van der Waals surface area (Å²) in [5.41, 5.74) is 1.43. The summed E-state index contributed by atoms with van der Waals surface area (Å²) in [6.07, 6.45) is 0. The number of aryl methyl sites for hydroxylation is 1. The third-order valence-electron chi connectivity index (χ3n) is 3.93. The first-order valence-electron chi connectivity index (χ1n) is 8.44. The molecule has 0 aromatic heterocycles. The van der Waals surface area contributed by atoms with Gasteiger partial charge in [0.05, 0.1) is 10.6 Å². The highest BCUT2D eigenvalue weighted by Gasteiger charge is 2.18. The van der Waals surface area contributed by atoms with Crippen LogP contribution in [0.3, 0.4) is 0 Å². The molecule has 0 fully saturated rings. The van der Waals surface area contributed by atoms with Gasteiger partial charge in [-0.1, -0.05) is 30.3 Å². The Kier molecular flexibility index (Phi) is 8.42. The van der Waals surface area contributed by atoms with E-state index >= 15 is 0 Å². The van der Waals surface area contributed by atoms with Gasteiger partial charge in [0, 0.05) is 13.1 Å². The van der Waals surface area contributed by atoms with Crippen molar-refractivity contribution in [3.05, 3.63) is 54.1 Å². The lowest BCUT2D eigenvalue weighted by Gasteiger charge is -2.23. The molecule has 2 aromatic rings. The molecular formula is C18H27N3O4S2. The van der Waals surface area contributed by atoms with Crippen LogP contribution in [0.25, 0.3) is 0 Å². The molecule has 0 amide bonds. The highest BCUT2D eigenvalue weighted by molar-refractivity contribution is 7.89. The summed E-state index contributed by atoms with van der Waals surface area (Å²) in [7, 11) is -5.49. The Morgan fingerprint density at radius 2 is 1.37 bits per heavy atom. The van der Waals surface area contributed by atoms with Gasteiger partial charge in [0.2, 0.25) is 20.0 Å². The zero-order valence-corrected chi connectivity index (χ0v) is 17.6. The number of nitrogens with one attached hydrogen (secondary N) is 1. The van der Waals surface area contributed by atoms with Crippen molar-refractivity contribution in [2.45, 2.75) is 30.6 Å². The largest absolute Gasteiger partial charge is 0.371 e. The average Bonchev–Trinajstić information content (AvgIpc) is 2.63. The third kappa shape index (κ3) is 6.31. The fourth-order valence-electron chi connectivity index (χ4n) is 2.50. The smallest absolute Gasteiger partial charge is 0.242 e. The maximum atomic E-state index is 11.8. The summed E-state index contributed by atoms with van der Waals surface area (Å²) in [6.45, 7) is 7.29. The average molecular weight is 414 g/mol. The molecule has 150 valence electrons. The monoisotopic (exact) mass is 413 g/mol. The predicted octanol–water partition coefficient (Wildman–Crippen LogP) is 2.08. The second-order valence-electron chi connectivity index (χ2n) is 5.66. The van der Waals surface area contributed by atoms with Crippen molar-refractivity contribution >= 4 is 25.7 Å². The molecule has 0 bridgehead atoms. The highest BCUT2D eigenvalue weighted by atomic mass is 32.2. The Hall–Kier alpha value is -1.94. The molecule has 0 spiro atoms. The molecule has 2 aromatic carbocycles. The Morgan fingerprint density at radius 3 is 1.78 bits per heavy atom. The van der Waals surface area contributed by atoms with Crippen molar-refractivity contribution in [1.29, 1.82) is 0 Å². The van der Waals surface area contributed by atoms with Gasteiger partial charge in [-0.3, -0.25) is 0 Å². The van der Waals surface area contributed by atoms with E-state index in [9.17, 15) is 16.8 Å². The van der Waals surface area contributed by atoms with Crippen LogP contribution in [0.4, 0.5) is 5.69 Å². The molecule has 0 heterocycles. The number of sulfonamides is 2. The zero-order chi connectivity index (χ0) is 20.7. The molecule has 0 aliphatic rings. The van der Waals surface area contributed by atoms with Crippen LogP contribution in [0.15, 0.2) is 58.3 Å². The summed E-state index contributed by atoms with van der Waals surface area (Å²) in [5, 5.41) is 4.93. The number of primary sulfonamides is 1. The van der Waals surface area contributed by atoms with Gasteiger partial charge in [0.25, 0.3) is 0 Å². The van der Waals surface area contributed by atoms with Gasteiger partial charge in [0.1, 0.15) is 4.90 Å². The molecule has 27 heavy (non-hydrogen) atoms. The van der Waals surface area contributed by atoms with E-state index in [-0.39, 0.29) is 4.90 Å². The summed E-state index contributed by atoms with van der Waals surface area (Å²) in [6, 6.07) is 13.7. The zero-order valence-electron chi connectivity index (χ0n) is 16.0. The molecule has 0 saturated carbocycles. The molecular weight excluding hydrogens is 386 g/mol. The van der Waals surface area contributed by atoms with Crippen LogP contribution in [-0.2, 0) is 20.0 Å². The van der Waals surface area contributed by atoms with Gasteiger partial charge in [-0.25, -0.2) is 26.7 Å². The number of rotatable bonds is 6. The van der Waals surface area contributed by atoms with Crippen LogP contribution in [0.1, 0.15) is 19.4 Å². The summed E-state index contributed by atoms with van der Waals surface area (Å²) >= 11 is 0. The van der Waals surface area contributed by atoms with E-state index in [0.717, 1.165) is 18.8 Å². The van der Waals surface area contributed by atoms with Crippen LogP contribution in [0, 0.1) is 6.92 Å². The third-order valence-corrected chi connectivity index (χ3v) is 6.46. The molecule has 0 unspecified atom stereocenters. The molecule has 3 N–H and O–H groups in total. The lowest BCUT2D eigenvalue weighted by molar-refractivity contribution is 0.587. The molecule has 0 aliphatic heterocycles. The quantitative estimate of drug-likeness (QED) is 0.753. The first kappa shape index (κ1) is 23.1. The second-order valence-corrected chi connectivity index (χ2v) is 9.04. The van der Waals surface area contributed by atoms with Gasteiger partial charge in [-0.05, 0) is 51.6 Å². The minimum absolute atomic E-state index is 0.194. The van der Waals surface area contributed by atoms with Gasteiger partial charge >= 0.3 is 0 Å². The Morgan fingerprint density at radius 1 is 0.889 bits per heavy atom. The first-order valence-corrected chi connectivity index (χ1v) is 11.5. The van der Waals surface area contributed by atoms with Crippen LogP contribution < -0.4 is 14.8 Å². The molecule has 7 nitrogen and oxygen atoms in total. The van der Waals surface area contributed by atoms with Crippen molar-refractivity contribution in [3.63, 3.8) is 0 Å². The Labute approximate surface area is 162 Å². The summed E-state index contributed by atoms with van der Waals surface area (Å²) < 4.78 is 47.7. The normalized spacial score (nSPS) is 11.4. The number of benzene rings is 2. The summed E-state index contributed by atoms with van der Waals surface area (Å²) in [5.74, 6) is 0. The number of para-hydroxylation sites is 1. The van der Waals surface area contributed by atoms with E-state index in [1.165, 1.54) is 13.1 Å². The van der Waals surface area contributed by atoms with E-state index < -0.39 is 20.0 Å². The number of anilines is 1. The molecule has 0 atom stereocenters. The van der Waals surface area contributed by atoms with E-state index in [4.69, 9.17) is 5.14 Å². The van der Waals surface area contributed by atoms with Crippen LogP contribution >= 0.6 is 0 Å². The Bertz CT molecular complexity index is 954. The van der Waals surface area contributed by atoms with E-state index in [1.54, 1.807) is 37.3 Å². The van der Waals surface area contributed by atoms with Crippen LogP contribution in [-0.4, -0.2) is 37.0 Å². The number of hydrogen-bond acceptors (Lipinski definition) is 5. The maximum Gasteiger partial charge on any atom is 0.242 e. The van der Waals surface area contributed by atoms with E-state index in [2.05, 4.69) is 4.72 Å². The van der Waals surface area contributed by atoms with E-state index in [0.29, 0.717) is 10.5 Å². The van der Waals surface area contributed by atoms with E-state index in [1.807, 2.05) is 30.9 Å². The van der Waals surface area contributed by atoms with Gasteiger partial charge < -0.3 is 4.90 Å². The topological polar surface area (TPSA) is 110 Å². The number of nitrogens with two attached hydrogens (primary N) is 1. The lowest BCUT2D eigenvalue weighted by atomic mass is 10.2. The lowest BCUT2D eigenvalue weighted by Crippen LogP contribution is -2.26. The fraction of sp³-hybridized carbons (Fsp3) is 0.333. The fourth-order valence-corrected chi connectivity index (χ4v) is 4.23. The number of nitrogens with zero attached hydrogens (tertiary/aromatic N) is 1. The second kappa shape index (κ2) is 9.84. The van der Waals surface area contributed by atoms with Crippen molar-refractivity contribution in [2.24, 2.45) is 5.14 Å². The molecule has 0 radical (unpaired) electrons. The summed E-state index contributed by atoms with van der Waals surface area (Å²) in [4.78, 5) is 2.55.